The Kier molecular flexibility index (Phi) is 2.78. The summed E-state index contributed by atoms with van der Waals surface area (Å²) in [6.45, 7) is 3.92. The molecule has 9 heavy (non-hydrogen) atoms. The molecule has 0 aromatic rings. The lowest BCUT2D eigenvalue weighted by Crippen LogP contribution is -2.30. The van der Waals surface area contributed by atoms with Crippen molar-refractivity contribution >= 4 is 11.9 Å². The summed E-state index contributed by atoms with van der Waals surface area (Å²) in [7, 11) is 0. The molecule has 1 saturated heterocycles. The predicted octanol–water partition coefficient (Wildman–Crippen LogP) is -0.164. The molecule has 0 aromatic carbocycles. The number of aliphatic hydroxyl groups excluding tert-OH is 1. The normalized spacial score (nSPS) is 29.3. The summed E-state index contributed by atoms with van der Waals surface area (Å²) in [5, 5.41) is 12.0. The molecule has 1 aliphatic heterocycles. The highest BCUT2D eigenvalue weighted by Gasteiger charge is 2.20. The first-order chi connectivity index (χ1) is 4.34. The summed E-state index contributed by atoms with van der Waals surface area (Å²) >= 11 is 1.67. The monoisotopic (exact) mass is 148 g/mol. The molecule has 1 rings (SSSR count). The molecule has 2 N–H and O–H groups in total. The van der Waals surface area contributed by atoms with E-state index in [9.17, 15) is 0 Å². The number of rotatable bonds is 2. The summed E-state index contributed by atoms with van der Waals surface area (Å²) in [6.07, 6.45) is -0.421. The van der Waals surface area contributed by atoms with E-state index in [1.54, 1.807) is 11.9 Å². The van der Waals surface area contributed by atoms with E-state index >= 15 is 0 Å². The van der Waals surface area contributed by atoms with Crippen molar-refractivity contribution in [3.63, 3.8) is 0 Å². The van der Waals surface area contributed by atoms with Crippen molar-refractivity contribution in [2.75, 3.05) is 18.8 Å². The predicted molar refractivity (Wildman–Crippen MR) is 38.8 cm³/mol. The van der Waals surface area contributed by atoms with E-state index in [-0.39, 0.29) is 0 Å². The maximum atomic E-state index is 9.11. The van der Waals surface area contributed by atoms with Crippen LogP contribution < -0.4 is 5.32 Å². The minimum absolute atomic E-state index is 0.421. The molecule has 0 saturated carbocycles. The average molecular weight is 148 g/mol. The van der Waals surface area contributed by atoms with Gasteiger partial charge in [0.15, 0.2) is 6.35 Å². The summed E-state index contributed by atoms with van der Waals surface area (Å²) in [5.41, 5.74) is 0. The van der Waals surface area contributed by atoms with Crippen LogP contribution in [0.25, 0.3) is 0 Å². The van der Waals surface area contributed by atoms with Gasteiger partial charge in [0.05, 0.1) is 0 Å². The highest BCUT2D eigenvalue weighted by molar-refractivity contribution is 7.97. The summed E-state index contributed by atoms with van der Waals surface area (Å²) in [6, 6.07) is 0. The van der Waals surface area contributed by atoms with Crippen molar-refractivity contribution in [2.45, 2.75) is 13.3 Å². The van der Waals surface area contributed by atoms with Gasteiger partial charge in [0.25, 0.3) is 0 Å². The van der Waals surface area contributed by atoms with Crippen LogP contribution in [0.15, 0.2) is 0 Å². The molecule has 0 radical (unpaired) electrons. The Balaban J connectivity index is 2.22. The molecule has 4 heteroatoms. The Morgan fingerprint density at radius 2 is 2.67 bits per heavy atom. The highest BCUT2D eigenvalue weighted by Crippen LogP contribution is 2.13. The number of nitrogens with one attached hydrogen (secondary N) is 1. The lowest BCUT2D eigenvalue weighted by atomic mass is 10.7. The van der Waals surface area contributed by atoms with Crippen LogP contribution in [-0.2, 0) is 0 Å². The van der Waals surface area contributed by atoms with E-state index in [1.165, 1.54) is 0 Å². The summed E-state index contributed by atoms with van der Waals surface area (Å²) in [5.74, 6) is 1.03. The van der Waals surface area contributed by atoms with Gasteiger partial charge in [0, 0.05) is 18.8 Å². The minimum Gasteiger partial charge on any atom is -0.365 e. The Morgan fingerprint density at radius 1 is 1.89 bits per heavy atom. The second-order valence-corrected chi connectivity index (χ2v) is 3.19. The van der Waals surface area contributed by atoms with Gasteiger partial charge in [-0.2, -0.15) is 0 Å². The fourth-order valence-electron chi connectivity index (χ4n) is 0.829. The van der Waals surface area contributed by atoms with E-state index in [0.29, 0.717) is 0 Å². The van der Waals surface area contributed by atoms with Crippen LogP contribution in [0.1, 0.15) is 6.92 Å². The zero-order valence-corrected chi connectivity index (χ0v) is 6.32. The first kappa shape index (κ1) is 7.34. The zero-order valence-electron chi connectivity index (χ0n) is 5.50. The summed E-state index contributed by atoms with van der Waals surface area (Å²) < 4.78 is 1.94. The maximum Gasteiger partial charge on any atom is 0.172 e. The van der Waals surface area contributed by atoms with Crippen molar-refractivity contribution in [2.24, 2.45) is 0 Å². The molecule has 3 nitrogen and oxygen atoms in total. The van der Waals surface area contributed by atoms with Crippen LogP contribution in [-0.4, -0.2) is 34.6 Å². The van der Waals surface area contributed by atoms with Gasteiger partial charge in [-0.3, -0.25) is 5.32 Å². The van der Waals surface area contributed by atoms with E-state index < -0.39 is 6.35 Å². The van der Waals surface area contributed by atoms with Gasteiger partial charge in [-0.15, -0.1) is 0 Å². The number of hydrogen-bond donors (Lipinski definition) is 2. The first-order valence-corrected chi connectivity index (χ1v) is 4.10. The first-order valence-electron chi connectivity index (χ1n) is 3.15. The van der Waals surface area contributed by atoms with Crippen LogP contribution in [0.3, 0.4) is 0 Å². The molecule has 0 spiro atoms. The fourth-order valence-corrected chi connectivity index (χ4v) is 1.60. The molecule has 0 aromatic heterocycles. The molecule has 0 amide bonds. The molecule has 0 bridgehead atoms. The molecule has 0 aliphatic carbocycles. The Bertz CT molecular complexity index is 91.0. The molecule has 1 atom stereocenters. The number of aliphatic hydroxyl groups is 1. The van der Waals surface area contributed by atoms with Gasteiger partial charge in [-0.1, -0.05) is 18.9 Å². The molecule has 1 fully saturated rings. The largest absolute Gasteiger partial charge is 0.365 e. The van der Waals surface area contributed by atoms with Crippen molar-refractivity contribution < 1.29 is 5.11 Å². The van der Waals surface area contributed by atoms with Gasteiger partial charge in [-0.05, 0) is 0 Å². The van der Waals surface area contributed by atoms with E-state index in [0.717, 1.165) is 18.8 Å². The van der Waals surface area contributed by atoms with Gasteiger partial charge < -0.3 is 5.11 Å². The van der Waals surface area contributed by atoms with Crippen LogP contribution in [0.5, 0.6) is 0 Å². The molecular weight excluding hydrogens is 136 g/mol. The minimum atomic E-state index is -0.421. The van der Waals surface area contributed by atoms with Gasteiger partial charge in [0.1, 0.15) is 0 Å². The van der Waals surface area contributed by atoms with Crippen LogP contribution >= 0.6 is 11.9 Å². The second kappa shape index (κ2) is 3.41. The lowest BCUT2D eigenvalue weighted by molar-refractivity contribution is 0.0826. The maximum absolute atomic E-state index is 9.11. The van der Waals surface area contributed by atoms with Crippen LogP contribution in [0, 0.1) is 0 Å². The van der Waals surface area contributed by atoms with Crippen molar-refractivity contribution in [3.8, 4) is 0 Å². The Hall–Kier alpha value is 0.230. The second-order valence-electron chi connectivity index (χ2n) is 1.89. The topological polar surface area (TPSA) is 35.5 Å². The van der Waals surface area contributed by atoms with Crippen LogP contribution in [0.2, 0.25) is 0 Å². The molecule has 54 valence electrons. The van der Waals surface area contributed by atoms with Crippen molar-refractivity contribution in [3.05, 3.63) is 0 Å². The molecule has 1 aliphatic rings. The lowest BCUT2D eigenvalue weighted by Gasteiger charge is -2.15. The Labute approximate surface area is 59.6 Å². The van der Waals surface area contributed by atoms with Crippen molar-refractivity contribution in [1.82, 2.24) is 9.62 Å². The van der Waals surface area contributed by atoms with Crippen LogP contribution in [0.4, 0.5) is 0 Å². The van der Waals surface area contributed by atoms with Crippen molar-refractivity contribution in [1.29, 1.82) is 0 Å². The third-order valence-corrected chi connectivity index (χ3v) is 2.20. The summed E-state index contributed by atoms with van der Waals surface area (Å²) in [4.78, 5) is 0. The molecule has 1 heterocycles. The zero-order chi connectivity index (χ0) is 6.69. The Morgan fingerprint density at radius 3 is 3.11 bits per heavy atom. The fraction of sp³-hybridized carbons (Fsp3) is 1.00. The van der Waals surface area contributed by atoms with Gasteiger partial charge in [-0.25, -0.2) is 4.31 Å². The average Bonchev–Trinajstić information content (AvgIpc) is 2.18. The van der Waals surface area contributed by atoms with Gasteiger partial charge >= 0.3 is 0 Å². The quantitative estimate of drug-likeness (QED) is 0.533. The smallest absolute Gasteiger partial charge is 0.172 e. The van der Waals surface area contributed by atoms with Gasteiger partial charge in [0.2, 0.25) is 0 Å². The third kappa shape index (κ3) is 1.82. The van der Waals surface area contributed by atoms with E-state index in [2.05, 4.69) is 12.2 Å². The number of hydrogen-bond acceptors (Lipinski definition) is 4. The van der Waals surface area contributed by atoms with E-state index in [1.807, 2.05) is 4.31 Å². The SMILES string of the molecule is CCSN1CCNC1O. The standard InChI is InChI=1S/C5H12N2OS/c1-2-9-7-4-3-6-5(7)8/h5-6,8H,2-4H2,1H3. The third-order valence-electron chi connectivity index (χ3n) is 1.23. The highest BCUT2D eigenvalue weighted by atomic mass is 32.2. The van der Waals surface area contributed by atoms with E-state index in [4.69, 9.17) is 5.11 Å². The molecule has 1 unspecified atom stereocenters. The molecular formula is C5H12N2OS. The number of nitrogens with zero attached hydrogens (tertiary/aromatic N) is 1.